The van der Waals surface area contributed by atoms with Gasteiger partial charge in [-0.2, -0.15) is 0 Å². The fraction of sp³-hybridized carbons (Fsp3) is 0.385. The first-order chi connectivity index (χ1) is 8.16. The molecule has 0 radical (unpaired) electrons. The van der Waals surface area contributed by atoms with Gasteiger partial charge in [0.05, 0.1) is 17.7 Å². The minimum atomic E-state index is -0.101. The molecule has 1 aliphatic rings. The molecule has 17 heavy (non-hydrogen) atoms. The van der Waals surface area contributed by atoms with E-state index in [1.54, 1.807) is 6.20 Å². The lowest BCUT2D eigenvalue weighted by Crippen LogP contribution is -2.33. The summed E-state index contributed by atoms with van der Waals surface area (Å²) >= 11 is 0. The number of nitrogens with one attached hydrogen (secondary N) is 1. The Kier molecular flexibility index (Phi) is 3.54. The number of pyridine rings is 1. The van der Waals surface area contributed by atoms with Crippen molar-refractivity contribution in [3.63, 3.8) is 0 Å². The van der Waals surface area contributed by atoms with Crippen LogP contribution in [0.25, 0.3) is 0 Å². The molecule has 90 valence electrons. The lowest BCUT2D eigenvalue weighted by atomic mass is 10.1. The van der Waals surface area contributed by atoms with E-state index in [1.807, 2.05) is 37.3 Å². The second-order valence-corrected chi connectivity index (χ2v) is 4.38. The smallest absolute Gasteiger partial charge is 0.227 e. The van der Waals surface area contributed by atoms with E-state index in [0.717, 1.165) is 5.69 Å². The number of hydrogen-bond acceptors (Lipinski definition) is 3. The highest BCUT2D eigenvalue weighted by Gasteiger charge is 2.23. The molecule has 0 aromatic carbocycles. The highest BCUT2D eigenvalue weighted by molar-refractivity contribution is 5.81. The van der Waals surface area contributed by atoms with Gasteiger partial charge in [0.1, 0.15) is 0 Å². The Labute approximate surface area is 101 Å². The summed E-state index contributed by atoms with van der Waals surface area (Å²) in [4.78, 5) is 16.1. The van der Waals surface area contributed by atoms with E-state index in [2.05, 4.69) is 10.3 Å². The molecule has 3 N–H and O–H groups in total. The molecule has 0 saturated carbocycles. The summed E-state index contributed by atoms with van der Waals surface area (Å²) in [5.41, 5.74) is 6.59. The number of amides is 1. The van der Waals surface area contributed by atoms with Gasteiger partial charge in [-0.1, -0.05) is 18.2 Å². The van der Waals surface area contributed by atoms with Crippen molar-refractivity contribution in [1.29, 1.82) is 0 Å². The second kappa shape index (κ2) is 5.10. The van der Waals surface area contributed by atoms with Gasteiger partial charge < -0.3 is 11.1 Å². The maximum Gasteiger partial charge on any atom is 0.227 e. The summed E-state index contributed by atoms with van der Waals surface area (Å²) in [6.45, 7) is 1.93. The number of carbonyl (C=O) groups excluding carboxylic acids is 1. The Morgan fingerprint density at radius 1 is 1.53 bits per heavy atom. The van der Waals surface area contributed by atoms with Crippen LogP contribution in [-0.4, -0.2) is 16.9 Å². The minimum Gasteiger partial charge on any atom is -0.347 e. The Morgan fingerprint density at radius 3 is 2.94 bits per heavy atom. The molecule has 0 saturated heterocycles. The van der Waals surface area contributed by atoms with Crippen molar-refractivity contribution in [2.45, 2.75) is 25.4 Å². The third kappa shape index (κ3) is 2.91. The zero-order chi connectivity index (χ0) is 12.3. The molecule has 3 atom stereocenters. The fourth-order valence-electron chi connectivity index (χ4n) is 1.95. The van der Waals surface area contributed by atoms with Gasteiger partial charge in [-0.15, -0.1) is 0 Å². The summed E-state index contributed by atoms with van der Waals surface area (Å²) in [6.07, 6.45) is 6.19. The summed E-state index contributed by atoms with van der Waals surface area (Å²) in [5.74, 6) is -0.0801. The van der Waals surface area contributed by atoms with Crippen LogP contribution in [0.4, 0.5) is 0 Å². The van der Waals surface area contributed by atoms with Crippen LogP contribution in [0.3, 0.4) is 0 Å². The van der Waals surface area contributed by atoms with Crippen molar-refractivity contribution in [2.24, 2.45) is 11.7 Å². The lowest BCUT2D eigenvalue weighted by molar-refractivity contribution is -0.124. The molecule has 0 bridgehead atoms. The largest absolute Gasteiger partial charge is 0.347 e. The van der Waals surface area contributed by atoms with Crippen molar-refractivity contribution in [2.75, 3.05) is 0 Å². The van der Waals surface area contributed by atoms with Gasteiger partial charge in [-0.05, 0) is 25.5 Å². The van der Waals surface area contributed by atoms with E-state index in [9.17, 15) is 4.79 Å². The van der Waals surface area contributed by atoms with E-state index >= 15 is 0 Å². The summed E-state index contributed by atoms with van der Waals surface area (Å²) < 4.78 is 0. The molecule has 1 heterocycles. The lowest BCUT2D eigenvalue weighted by Gasteiger charge is -2.16. The Hall–Kier alpha value is -1.68. The normalized spacial score (nSPS) is 24.6. The number of nitrogens with two attached hydrogens (primary N) is 1. The van der Waals surface area contributed by atoms with Crippen LogP contribution in [0.2, 0.25) is 0 Å². The first-order valence-electron chi connectivity index (χ1n) is 5.82. The average Bonchev–Trinajstić information content (AvgIpc) is 2.77. The van der Waals surface area contributed by atoms with Gasteiger partial charge in [0.2, 0.25) is 5.91 Å². The summed E-state index contributed by atoms with van der Waals surface area (Å²) in [7, 11) is 0. The number of hydrogen-bond donors (Lipinski definition) is 2. The molecule has 0 spiro atoms. The number of aromatic nitrogens is 1. The van der Waals surface area contributed by atoms with E-state index in [1.165, 1.54) is 0 Å². The zero-order valence-corrected chi connectivity index (χ0v) is 9.84. The van der Waals surface area contributed by atoms with Crippen LogP contribution in [0.5, 0.6) is 0 Å². The SMILES string of the molecule is CC(NC(=O)C1C=CC(N)C1)c1ccccn1. The van der Waals surface area contributed by atoms with Gasteiger partial charge in [0, 0.05) is 12.2 Å². The van der Waals surface area contributed by atoms with Crippen molar-refractivity contribution in [3.05, 3.63) is 42.2 Å². The first-order valence-corrected chi connectivity index (χ1v) is 5.82. The Morgan fingerprint density at radius 2 is 2.35 bits per heavy atom. The number of nitrogens with zero attached hydrogens (tertiary/aromatic N) is 1. The van der Waals surface area contributed by atoms with E-state index < -0.39 is 0 Å². The molecule has 1 aromatic heterocycles. The number of carbonyl (C=O) groups is 1. The molecule has 1 amide bonds. The third-order valence-corrected chi connectivity index (χ3v) is 2.94. The monoisotopic (exact) mass is 231 g/mol. The molecular formula is C13H17N3O. The Bertz CT molecular complexity index is 416. The first kappa shape index (κ1) is 11.8. The zero-order valence-electron chi connectivity index (χ0n) is 9.84. The predicted molar refractivity (Wildman–Crippen MR) is 66.0 cm³/mol. The molecular weight excluding hydrogens is 214 g/mol. The average molecular weight is 231 g/mol. The quantitative estimate of drug-likeness (QED) is 0.767. The van der Waals surface area contributed by atoms with Gasteiger partial charge >= 0.3 is 0 Å². The maximum absolute atomic E-state index is 11.9. The second-order valence-electron chi connectivity index (χ2n) is 4.38. The standard InChI is InChI=1S/C13H17N3O/c1-9(12-4-2-3-7-15-12)16-13(17)10-5-6-11(14)8-10/h2-7,9-11H,8,14H2,1H3,(H,16,17). The summed E-state index contributed by atoms with van der Waals surface area (Å²) in [6, 6.07) is 5.61. The minimum absolute atomic E-state index is 0.0101. The molecule has 0 fully saturated rings. The van der Waals surface area contributed by atoms with Gasteiger partial charge in [-0.25, -0.2) is 0 Å². The maximum atomic E-state index is 11.9. The van der Waals surface area contributed by atoms with Crippen LogP contribution in [0.1, 0.15) is 25.1 Å². The van der Waals surface area contributed by atoms with Gasteiger partial charge in [0.25, 0.3) is 0 Å². The van der Waals surface area contributed by atoms with Gasteiger partial charge in [-0.3, -0.25) is 9.78 Å². The van der Waals surface area contributed by atoms with E-state index in [-0.39, 0.29) is 23.9 Å². The molecule has 3 unspecified atom stereocenters. The third-order valence-electron chi connectivity index (χ3n) is 2.94. The van der Waals surface area contributed by atoms with Crippen LogP contribution in [-0.2, 0) is 4.79 Å². The van der Waals surface area contributed by atoms with Crippen LogP contribution < -0.4 is 11.1 Å². The van der Waals surface area contributed by atoms with Crippen molar-refractivity contribution in [3.8, 4) is 0 Å². The van der Waals surface area contributed by atoms with Crippen LogP contribution >= 0.6 is 0 Å². The predicted octanol–water partition coefficient (Wildman–Crippen LogP) is 1.16. The molecule has 1 aliphatic carbocycles. The highest BCUT2D eigenvalue weighted by Crippen LogP contribution is 2.18. The highest BCUT2D eigenvalue weighted by atomic mass is 16.1. The van der Waals surface area contributed by atoms with E-state index in [4.69, 9.17) is 5.73 Å². The van der Waals surface area contributed by atoms with Crippen LogP contribution in [0, 0.1) is 5.92 Å². The van der Waals surface area contributed by atoms with E-state index in [0.29, 0.717) is 6.42 Å². The fourth-order valence-corrected chi connectivity index (χ4v) is 1.95. The molecule has 2 rings (SSSR count). The molecule has 0 aliphatic heterocycles. The van der Waals surface area contributed by atoms with Gasteiger partial charge in [0.15, 0.2) is 0 Å². The van der Waals surface area contributed by atoms with Crippen molar-refractivity contribution in [1.82, 2.24) is 10.3 Å². The molecule has 1 aromatic rings. The molecule has 4 heteroatoms. The van der Waals surface area contributed by atoms with Crippen molar-refractivity contribution < 1.29 is 4.79 Å². The van der Waals surface area contributed by atoms with Crippen molar-refractivity contribution >= 4 is 5.91 Å². The topological polar surface area (TPSA) is 68.0 Å². The molecule has 4 nitrogen and oxygen atoms in total. The Balaban J connectivity index is 1.93. The number of rotatable bonds is 3. The summed E-state index contributed by atoms with van der Waals surface area (Å²) in [5, 5.41) is 2.95. The van der Waals surface area contributed by atoms with Crippen LogP contribution in [0.15, 0.2) is 36.5 Å².